The zero-order valence-corrected chi connectivity index (χ0v) is 18.3. The fraction of sp³-hybridized carbons (Fsp3) is 0.231. The molecule has 2 aromatic carbocycles. The first-order valence-electron chi connectivity index (χ1n) is 10.6. The van der Waals surface area contributed by atoms with E-state index in [0.29, 0.717) is 6.20 Å². The number of rotatable bonds is 5. The molecule has 1 heterocycles. The Morgan fingerprint density at radius 2 is 1.74 bits per heavy atom. The SMILES string of the molecule is COc1ncc(C(F)(F)F)cc1C#CCCNC(=O)OCC1c2ccccc2-c2ccccc21. The van der Waals surface area contributed by atoms with Gasteiger partial charge in [-0.3, -0.25) is 0 Å². The first kappa shape index (κ1) is 23.2. The van der Waals surface area contributed by atoms with Gasteiger partial charge < -0.3 is 14.8 Å². The monoisotopic (exact) mass is 466 g/mol. The summed E-state index contributed by atoms with van der Waals surface area (Å²) in [5, 5.41) is 2.61. The number of pyridine rings is 1. The van der Waals surface area contributed by atoms with Gasteiger partial charge in [-0.2, -0.15) is 13.2 Å². The summed E-state index contributed by atoms with van der Waals surface area (Å²) >= 11 is 0. The normalized spacial score (nSPS) is 12.2. The number of nitrogens with one attached hydrogen (secondary N) is 1. The van der Waals surface area contributed by atoms with Gasteiger partial charge in [0.05, 0.1) is 18.2 Å². The van der Waals surface area contributed by atoms with Crippen molar-refractivity contribution in [3.8, 4) is 28.8 Å². The van der Waals surface area contributed by atoms with Gasteiger partial charge in [-0.25, -0.2) is 9.78 Å². The highest BCUT2D eigenvalue weighted by Gasteiger charge is 2.32. The van der Waals surface area contributed by atoms with Gasteiger partial charge in [-0.1, -0.05) is 60.4 Å². The number of ether oxygens (including phenoxy) is 2. The van der Waals surface area contributed by atoms with E-state index < -0.39 is 17.8 Å². The van der Waals surface area contributed by atoms with Crippen LogP contribution in [0.4, 0.5) is 18.0 Å². The predicted molar refractivity (Wildman–Crippen MR) is 120 cm³/mol. The third-order valence-corrected chi connectivity index (χ3v) is 5.46. The quantitative estimate of drug-likeness (QED) is 0.405. The number of nitrogens with zero attached hydrogens (tertiary/aromatic N) is 1. The summed E-state index contributed by atoms with van der Waals surface area (Å²) in [6.07, 6.45) is -4.20. The van der Waals surface area contributed by atoms with E-state index in [1.807, 2.05) is 36.4 Å². The Morgan fingerprint density at radius 3 is 2.35 bits per heavy atom. The van der Waals surface area contributed by atoms with E-state index in [-0.39, 0.29) is 36.9 Å². The van der Waals surface area contributed by atoms with Crippen molar-refractivity contribution in [3.05, 3.63) is 83.0 Å². The standard InChI is InChI=1S/C26H21F3N2O3/c1-33-24-17(14-18(15-31-24)26(27,28)29)8-6-7-13-30-25(32)34-16-23-21-11-4-2-9-19(21)20-10-3-5-12-22(20)23/h2-5,9-12,14-15,23H,7,13,16H2,1H3,(H,30,32). The molecule has 0 fully saturated rings. The average Bonchev–Trinajstić information content (AvgIpc) is 3.15. The van der Waals surface area contributed by atoms with E-state index in [4.69, 9.17) is 9.47 Å². The van der Waals surface area contributed by atoms with Crippen molar-refractivity contribution in [2.45, 2.75) is 18.5 Å². The lowest BCUT2D eigenvalue weighted by atomic mass is 9.98. The zero-order chi connectivity index (χ0) is 24.1. The number of methoxy groups -OCH3 is 1. The second-order valence-electron chi connectivity index (χ2n) is 7.58. The smallest absolute Gasteiger partial charge is 0.417 e. The van der Waals surface area contributed by atoms with Crippen LogP contribution in [0.1, 0.15) is 34.6 Å². The molecule has 0 saturated carbocycles. The van der Waals surface area contributed by atoms with Gasteiger partial charge in [0.1, 0.15) is 6.61 Å². The van der Waals surface area contributed by atoms with Gasteiger partial charge in [0.25, 0.3) is 0 Å². The lowest BCUT2D eigenvalue weighted by molar-refractivity contribution is -0.137. The number of hydrogen-bond acceptors (Lipinski definition) is 4. The van der Waals surface area contributed by atoms with E-state index >= 15 is 0 Å². The number of amides is 1. The number of carbonyl (C=O) groups is 1. The molecule has 0 aliphatic heterocycles. The molecule has 1 aliphatic carbocycles. The van der Waals surface area contributed by atoms with Crippen LogP contribution in [-0.4, -0.2) is 31.3 Å². The van der Waals surface area contributed by atoms with Crippen molar-refractivity contribution < 1.29 is 27.4 Å². The highest BCUT2D eigenvalue weighted by molar-refractivity contribution is 5.79. The second-order valence-corrected chi connectivity index (χ2v) is 7.58. The van der Waals surface area contributed by atoms with E-state index in [9.17, 15) is 18.0 Å². The molecule has 8 heteroatoms. The number of aromatic nitrogens is 1. The summed E-state index contributed by atoms with van der Waals surface area (Å²) in [4.78, 5) is 15.8. The van der Waals surface area contributed by atoms with Gasteiger partial charge in [-0.05, 0) is 28.3 Å². The number of alkyl halides is 3. The van der Waals surface area contributed by atoms with Gasteiger partial charge >= 0.3 is 12.3 Å². The molecule has 0 bridgehead atoms. The molecule has 0 atom stereocenters. The average molecular weight is 466 g/mol. The maximum atomic E-state index is 12.9. The van der Waals surface area contributed by atoms with Crippen LogP contribution in [0.15, 0.2) is 60.8 Å². The van der Waals surface area contributed by atoms with Crippen molar-refractivity contribution >= 4 is 6.09 Å². The van der Waals surface area contributed by atoms with Crippen LogP contribution in [0.25, 0.3) is 11.1 Å². The van der Waals surface area contributed by atoms with E-state index in [1.165, 1.54) is 7.11 Å². The third kappa shape index (κ3) is 4.99. The second kappa shape index (κ2) is 9.87. The molecule has 1 aliphatic rings. The molecule has 1 N–H and O–H groups in total. The first-order chi connectivity index (χ1) is 16.4. The summed E-state index contributed by atoms with van der Waals surface area (Å²) in [6, 6.07) is 17.0. The molecule has 34 heavy (non-hydrogen) atoms. The zero-order valence-electron chi connectivity index (χ0n) is 18.3. The summed E-state index contributed by atoms with van der Waals surface area (Å²) in [5.74, 6) is 5.31. The Kier molecular flexibility index (Phi) is 6.73. The predicted octanol–water partition coefficient (Wildman–Crippen LogP) is 5.39. The highest BCUT2D eigenvalue weighted by atomic mass is 19.4. The van der Waals surface area contributed by atoms with Crippen LogP contribution in [0.2, 0.25) is 0 Å². The van der Waals surface area contributed by atoms with Crippen molar-refractivity contribution in [3.63, 3.8) is 0 Å². The fourth-order valence-corrected chi connectivity index (χ4v) is 3.89. The largest absolute Gasteiger partial charge is 0.480 e. The Labute approximate surface area is 194 Å². The van der Waals surface area contributed by atoms with Gasteiger partial charge in [0.2, 0.25) is 5.88 Å². The summed E-state index contributed by atoms with van der Waals surface area (Å²) in [7, 11) is 1.31. The van der Waals surface area contributed by atoms with E-state index in [2.05, 4.69) is 34.3 Å². The Hall–Kier alpha value is -3.99. The highest BCUT2D eigenvalue weighted by Crippen LogP contribution is 2.44. The van der Waals surface area contributed by atoms with Crippen LogP contribution in [-0.2, 0) is 10.9 Å². The molecular formula is C26H21F3N2O3. The van der Waals surface area contributed by atoms with Crippen molar-refractivity contribution in [1.29, 1.82) is 0 Å². The lowest BCUT2D eigenvalue weighted by Gasteiger charge is -2.14. The molecule has 3 aromatic rings. The maximum absolute atomic E-state index is 12.9. The minimum absolute atomic E-state index is 0.00463. The third-order valence-electron chi connectivity index (χ3n) is 5.46. The maximum Gasteiger partial charge on any atom is 0.417 e. The van der Waals surface area contributed by atoms with Crippen molar-refractivity contribution in [2.75, 3.05) is 20.3 Å². The van der Waals surface area contributed by atoms with Crippen molar-refractivity contribution in [2.24, 2.45) is 0 Å². The van der Waals surface area contributed by atoms with Crippen LogP contribution in [0.5, 0.6) is 5.88 Å². The fourth-order valence-electron chi connectivity index (χ4n) is 3.89. The number of alkyl carbamates (subject to hydrolysis) is 1. The minimum atomic E-state index is -4.53. The minimum Gasteiger partial charge on any atom is -0.480 e. The van der Waals surface area contributed by atoms with Gasteiger partial charge in [-0.15, -0.1) is 0 Å². The molecule has 0 unspecified atom stereocenters. The molecule has 0 spiro atoms. The number of carbonyl (C=O) groups excluding carboxylic acids is 1. The molecule has 5 nitrogen and oxygen atoms in total. The molecule has 0 saturated heterocycles. The van der Waals surface area contributed by atoms with Crippen LogP contribution >= 0.6 is 0 Å². The topological polar surface area (TPSA) is 60.5 Å². The Balaban J connectivity index is 1.31. The number of fused-ring (bicyclic) bond motifs is 3. The summed E-state index contributed by atoms with van der Waals surface area (Å²) in [6.45, 7) is 0.372. The molecule has 1 amide bonds. The van der Waals surface area contributed by atoms with Crippen LogP contribution in [0, 0.1) is 11.8 Å². The van der Waals surface area contributed by atoms with Crippen LogP contribution in [0.3, 0.4) is 0 Å². The lowest BCUT2D eigenvalue weighted by Crippen LogP contribution is -2.26. The van der Waals surface area contributed by atoms with E-state index in [1.54, 1.807) is 0 Å². The van der Waals surface area contributed by atoms with Gasteiger partial charge in [0, 0.05) is 25.1 Å². The first-order valence-corrected chi connectivity index (χ1v) is 10.6. The molecule has 0 radical (unpaired) electrons. The molecule has 174 valence electrons. The van der Waals surface area contributed by atoms with Gasteiger partial charge in [0.15, 0.2) is 0 Å². The number of hydrogen-bond donors (Lipinski definition) is 1. The van der Waals surface area contributed by atoms with Crippen LogP contribution < -0.4 is 10.1 Å². The molecular weight excluding hydrogens is 445 g/mol. The summed E-state index contributed by atoms with van der Waals surface area (Å²) < 4.78 is 49.1. The Morgan fingerprint density at radius 1 is 1.09 bits per heavy atom. The molecule has 1 aromatic heterocycles. The summed E-state index contributed by atoms with van der Waals surface area (Å²) in [5.41, 5.74) is 3.63. The molecule has 4 rings (SSSR count). The van der Waals surface area contributed by atoms with E-state index in [0.717, 1.165) is 28.3 Å². The van der Waals surface area contributed by atoms with Crippen molar-refractivity contribution in [1.82, 2.24) is 10.3 Å². The Bertz CT molecular complexity index is 1220. The number of benzene rings is 2. The number of halogens is 3.